The van der Waals surface area contributed by atoms with Crippen LogP contribution >= 0.6 is 0 Å². The van der Waals surface area contributed by atoms with Crippen LogP contribution in [-0.4, -0.2) is 21.5 Å². The first-order valence-corrected chi connectivity index (χ1v) is 8.82. The van der Waals surface area contributed by atoms with Gasteiger partial charge in [-0.15, -0.1) is 0 Å². The van der Waals surface area contributed by atoms with Gasteiger partial charge in [0.1, 0.15) is 0 Å². The lowest BCUT2D eigenvalue weighted by Crippen LogP contribution is -2.20. The molecule has 1 aromatic rings. The van der Waals surface area contributed by atoms with Crippen molar-refractivity contribution in [1.82, 2.24) is 4.72 Å². The smallest absolute Gasteiger partial charge is 0.240 e. The van der Waals surface area contributed by atoms with Gasteiger partial charge in [-0.2, -0.15) is 0 Å². The van der Waals surface area contributed by atoms with Gasteiger partial charge in [0.2, 0.25) is 10.0 Å². The third kappa shape index (κ3) is 5.13. The van der Waals surface area contributed by atoms with Crippen molar-refractivity contribution < 1.29 is 8.42 Å². The number of anilines is 1. The van der Waals surface area contributed by atoms with Crippen LogP contribution in [0.2, 0.25) is 0 Å². The van der Waals surface area contributed by atoms with Crippen LogP contribution in [0, 0.1) is 0 Å². The van der Waals surface area contributed by atoms with Gasteiger partial charge >= 0.3 is 0 Å². The summed E-state index contributed by atoms with van der Waals surface area (Å²) in [5, 5.41) is 3.50. The highest BCUT2D eigenvalue weighted by molar-refractivity contribution is 7.89. The third-order valence-corrected chi connectivity index (χ3v) is 4.78. The summed E-state index contributed by atoms with van der Waals surface area (Å²) in [6.45, 7) is 4.38. The molecule has 1 aromatic carbocycles. The van der Waals surface area contributed by atoms with Crippen molar-refractivity contribution in [1.29, 1.82) is 0 Å². The second-order valence-electron chi connectivity index (χ2n) is 5.00. The highest BCUT2D eigenvalue weighted by atomic mass is 32.2. The molecule has 1 atom stereocenters. The Kier molecular flexibility index (Phi) is 7.02. The van der Waals surface area contributed by atoms with Crippen molar-refractivity contribution in [2.75, 3.05) is 12.4 Å². The van der Waals surface area contributed by atoms with Crippen LogP contribution in [0.4, 0.5) is 5.69 Å². The number of sulfonamides is 1. The molecule has 4 nitrogen and oxygen atoms in total. The van der Waals surface area contributed by atoms with Crippen LogP contribution < -0.4 is 10.0 Å². The summed E-state index contributed by atoms with van der Waals surface area (Å²) in [7, 11) is -1.93. The zero-order valence-corrected chi connectivity index (χ0v) is 13.5. The number of rotatable bonds is 9. The fraction of sp³-hybridized carbons (Fsp3) is 0.600. The van der Waals surface area contributed by atoms with Crippen LogP contribution in [-0.2, 0) is 10.0 Å². The van der Waals surface area contributed by atoms with Crippen molar-refractivity contribution in [3.05, 3.63) is 24.3 Å². The largest absolute Gasteiger partial charge is 0.382 e. The summed E-state index contributed by atoms with van der Waals surface area (Å²) in [4.78, 5) is 0.297. The Bertz CT molecular complexity index is 483. The molecule has 0 aliphatic rings. The number of hydrogen-bond donors (Lipinski definition) is 2. The SMILES string of the molecule is CCCCC(CCC)Nc1ccc(S(=O)(=O)NC)cc1. The standard InChI is InChI=1S/C15H26N2O2S/c1-4-6-8-13(7-5-2)17-14-9-11-15(12-10-14)20(18,19)16-3/h9-13,16-17H,4-8H2,1-3H3. The van der Waals surface area contributed by atoms with E-state index in [1.54, 1.807) is 12.1 Å². The van der Waals surface area contributed by atoms with E-state index >= 15 is 0 Å². The van der Waals surface area contributed by atoms with Crippen LogP contribution in [0.3, 0.4) is 0 Å². The predicted octanol–water partition coefficient (Wildman–Crippen LogP) is 3.37. The third-order valence-electron chi connectivity index (χ3n) is 3.35. The minimum Gasteiger partial charge on any atom is -0.382 e. The first kappa shape index (κ1) is 17.0. The normalized spacial score (nSPS) is 13.2. The minimum absolute atomic E-state index is 0.297. The maximum atomic E-state index is 11.6. The summed E-state index contributed by atoms with van der Waals surface area (Å²) < 4.78 is 25.6. The Balaban J connectivity index is 2.72. The fourth-order valence-electron chi connectivity index (χ4n) is 2.17. The van der Waals surface area contributed by atoms with Gasteiger partial charge in [-0.25, -0.2) is 13.1 Å². The summed E-state index contributed by atoms with van der Waals surface area (Å²) in [5.41, 5.74) is 0.981. The Labute approximate surface area is 123 Å². The zero-order chi connectivity index (χ0) is 15.0. The predicted molar refractivity (Wildman–Crippen MR) is 84.5 cm³/mol. The number of benzene rings is 1. The van der Waals surface area contributed by atoms with Crippen molar-refractivity contribution in [3.63, 3.8) is 0 Å². The van der Waals surface area contributed by atoms with Crippen LogP contribution in [0.1, 0.15) is 46.0 Å². The molecule has 0 aromatic heterocycles. The lowest BCUT2D eigenvalue weighted by Gasteiger charge is -2.19. The van der Waals surface area contributed by atoms with E-state index in [4.69, 9.17) is 0 Å². The van der Waals surface area contributed by atoms with E-state index in [1.807, 2.05) is 12.1 Å². The Hall–Kier alpha value is -1.07. The molecule has 0 fully saturated rings. The molecular formula is C15H26N2O2S. The van der Waals surface area contributed by atoms with Crippen molar-refractivity contribution in [2.45, 2.75) is 56.9 Å². The van der Waals surface area contributed by atoms with Gasteiger partial charge in [-0.05, 0) is 44.2 Å². The lowest BCUT2D eigenvalue weighted by molar-refractivity contribution is 0.564. The fourth-order valence-corrected chi connectivity index (χ4v) is 2.90. The lowest BCUT2D eigenvalue weighted by atomic mass is 10.0. The summed E-state index contributed by atoms with van der Waals surface area (Å²) >= 11 is 0. The van der Waals surface area contributed by atoms with Gasteiger partial charge in [-0.3, -0.25) is 0 Å². The molecule has 2 N–H and O–H groups in total. The molecule has 114 valence electrons. The van der Waals surface area contributed by atoms with Crippen LogP contribution in [0.5, 0.6) is 0 Å². The quantitative estimate of drug-likeness (QED) is 0.735. The summed E-state index contributed by atoms with van der Waals surface area (Å²) in [6, 6.07) is 7.40. The van der Waals surface area contributed by atoms with Crippen LogP contribution in [0.15, 0.2) is 29.2 Å². The topological polar surface area (TPSA) is 58.2 Å². The van der Waals surface area contributed by atoms with E-state index in [0.29, 0.717) is 10.9 Å². The number of nitrogens with one attached hydrogen (secondary N) is 2. The van der Waals surface area contributed by atoms with Gasteiger partial charge < -0.3 is 5.32 Å². The van der Waals surface area contributed by atoms with Gasteiger partial charge in [0.25, 0.3) is 0 Å². The highest BCUT2D eigenvalue weighted by Gasteiger charge is 2.11. The first-order valence-electron chi connectivity index (χ1n) is 7.33. The van der Waals surface area contributed by atoms with E-state index < -0.39 is 10.0 Å². The van der Waals surface area contributed by atoms with Gasteiger partial charge in [-0.1, -0.05) is 33.1 Å². The van der Waals surface area contributed by atoms with E-state index in [-0.39, 0.29) is 0 Å². The van der Waals surface area contributed by atoms with Crippen molar-refractivity contribution >= 4 is 15.7 Å². The van der Waals surface area contributed by atoms with E-state index in [1.165, 1.54) is 19.9 Å². The van der Waals surface area contributed by atoms with Gasteiger partial charge in [0, 0.05) is 11.7 Å². The molecule has 0 amide bonds. The first-order chi connectivity index (χ1) is 9.53. The van der Waals surface area contributed by atoms with Crippen molar-refractivity contribution in [2.24, 2.45) is 0 Å². The molecule has 0 aliphatic heterocycles. The second kappa shape index (κ2) is 8.27. The van der Waals surface area contributed by atoms with Crippen molar-refractivity contribution in [3.8, 4) is 0 Å². The molecule has 0 saturated carbocycles. The minimum atomic E-state index is -3.35. The molecule has 0 radical (unpaired) electrons. The monoisotopic (exact) mass is 298 g/mol. The zero-order valence-electron chi connectivity index (χ0n) is 12.6. The molecule has 0 saturated heterocycles. The second-order valence-corrected chi connectivity index (χ2v) is 6.89. The summed E-state index contributed by atoms with van der Waals surface area (Å²) in [6.07, 6.45) is 5.84. The van der Waals surface area contributed by atoms with Gasteiger partial charge in [0.15, 0.2) is 0 Å². The molecule has 0 spiro atoms. The molecule has 0 aliphatic carbocycles. The van der Waals surface area contributed by atoms with Gasteiger partial charge in [0.05, 0.1) is 4.90 Å². The Morgan fingerprint density at radius 2 is 1.70 bits per heavy atom. The highest BCUT2D eigenvalue weighted by Crippen LogP contribution is 2.17. The molecule has 0 heterocycles. The molecule has 20 heavy (non-hydrogen) atoms. The maximum Gasteiger partial charge on any atom is 0.240 e. The molecule has 1 rings (SSSR count). The maximum absolute atomic E-state index is 11.6. The molecule has 1 unspecified atom stereocenters. The van der Waals surface area contributed by atoms with E-state index in [2.05, 4.69) is 23.9 Å². The number of hydrogen-bond acceptors (Lipinski definition) is 3. The van der Waals surface area contributed by atoms with Crippen LogP contribution in [0.25, 0.3) is 0 Å². The van der Waals surface area contributed by atoms with E-state index in [9.17, 15) is 8.42 Å². The average Bonchev–Trinajstić information content (AvgIpc) is 2.45. The molecular weight excluding hydrogens is 272 g/mol. The summed E-state index contributed by atoms with van der Waals surface area (Å²) in [5.74, 6) is 0. The molecule has 5 heteroatoms. The van der Waals surface area contributed by atoms with E-state index in [0.717, 1.165) is 24.9 Å². The Morgan fingerprint density at radius 3 is 2.20 bits per heavy atom. The molecule has 0 bridgehead atoms. The number of unbranched alkanes of at least 4 members (excludes halogenated alkanes) is 1. The Morgan fingerprint density at radius 1 is 1.05 bits per heavy atom. The average molecular weight is 298 g/mol.